The molecule has 1 aliphatic heterocycles. The molecule has 0 atom stereocenters. The lowest BCUT2D eigenvalue weighted by Gasteiger charge is -2.07. The molecule has 0 radical (unpaired) electrons. The van der Waals surface area contributed by atoms with Gasteiger partial charge in [-0.05, 0) is 12.1 Å². The highest BCUT2D eigenvalue weighted by atomic mass is 16.3. The van der Waals surface area contributed by atoms with Gasteiger partial charge < -0.3 is 10.2 Å². The Morgan fingerprint density at radius 1 is 0.905 bits per heavy atom. The van der Waals surface area contributed by atoms with Gasteiger partial charge in [-0.25, -0.2) is 0 Å². The van der Waals surface area contributed by atoms with Gasteiger partial charge in [0.15, 0.2) is 0 Å². The second-order valence-electron chi connectivity index (χ2n) is 5.31. The van der Waals surface area contributed by atoms with Crippen LogP contribution in [0.4, 0.5) is 0 Å². The van der Waals surface area contributed by atoms with Gasteiger partial charge in [0.05, 0.1) is 0 Å². The third-order valence-corrected chi connectivity index (χ3v) is 3.73. The molecule has 0 saturated heterocycles. The maximum absolute atomic E-state index is 9.82. The molecule has 0 saturated carbocycles. The van der Waals surface area contributed by atoms with Crippen molar-refractivity contribution in [2.45, 2.75) is 13.1 Å². The molecule has 0 bridgehead atoms. The average Bonchev–Trinajstić information content (AvgIpc) is 2.91. The lowest BCUT2D eigenvalue weighted by molar-refractivity contribution is -0.530. The number of hydrogen-bond acceptors (Lipinski definition) is 3. The SMILES string of the molecule is Oc1ccccc1CN1C=[N+](Cc2ccccc2O)CC1. The molecule has 2 N–H and O–H groups in total. The summed E-state index contributed by atoms with van der Waals surface area (Å²) >= 11 is 0. The van der Waals surface area contributed by atoms with Crippen LogP contribution in [0.25, 0.3) is 0 Å². The van der Waals surface area contributed by atoms with Gasteiger partial charge in [-0.2, -0.15) is 0 Å². The summed E-state index contributed by atoms with van der Waals surface area (Å²) in [5.74, 6) is 0.676. The highest BCUT2D eigenvalue weighted by Crippen LogP contribution is 2.19. The Morgan fingerprint density at radius 3 is 2.19 bits per heavy atom. The van der Waals surface area contributed by atoms with Gasteiger partial charge in [-0.1, -0.05) is 36.4 Å². The highest BCUT2D eigenvalue weighted by Gasteiger charge is 2.21. The van der Waals surface area contributed by atoms with Gasteiger partial charge in [0.1, 0.15) is 37.7 Å². The predicted molar refractivity (Wildman–Crippen MR) is 81.5 cm³/mol. The highest BCUT2D eigenvalue weighted by molar-refractivity contribution is 5.51. The van der Waals surface area contributed by atoms with Crippen molar-refractivity contribution in [2.75, 3.05) is 13.1 Å². The third-order valence-electron chi connectivity index (χ3n) is 3.73. The molecule has 21 heavy (non-hydrogen) atoms. The molecule has 0 amide bonds. The van der Waals surface area contributed by atoms with Gasteiger partial charge in [-0.3, -0.25) is 9.48 Å². The second-order valence-corrected chi connectivity index (χ2v) is 5.31. The number of phenolic OH excluding ortho intramolecular Hbond substituents is 2. The average molecular weight is 283 g/mol. The van der Waals surface area contributed by atoms with E-state index >= 15 is 0 Å². The molecule has 108 valence electrons. The lowest BCUT2D eigenvalue weighted by Crippen LogP contribution is -2.18. The minimum atomic E-state index is 0.338. The zero-order chi connectivity index (χ0) is 14.7. The summed E-state index contributed by atoms with van der Waals surface area (Å²) < 4.78 is 2.18. The first-order valence-corrected chi connectivity index (χ1v) is 7.09. The Kier molecular flexibility index (Phi) is 3.77. The van der Waals surface area contributed by atoms with E-state index in [1.54, 1.807) is 12.1 Å². The maximum Gasteiger partial charge on any atom is 0.234 e. The molecule has 3 rings (SSSR count). The van der Waals surface area contributed by atoms with Crippen LogP contribution in [-0.2, 0) is 13.1 Å². The van der Waals surface area contributed by atoms with E-state index in [1.807, 2.05) is 36.4 Å². The van der Waals surface area contributed by atoms with E-state index in [-0.39, 0.29) is 0 Å². The quantitative estimate of drug-likeness (QED) is 0.845. The standard InChI is InChI=1S/C17H18N2O2/c20-16-7-3-1-5-14(16)11-18-9-10-19(13-18)12-15-6-2-4-8-17(15)21/h1-8,13H,9-12H2,(H-,20,21)/p+1. The first-order valence-electron chi connectivity index (χ1n) is 7.09. The fourth-order valence-electron chi connectivity index (χ4n) is 2.57. The maximum atomic E-state index is 9.82. The van der Waals surface area contributed by atoms with E-state index in [9.17, 15) is 10.2 Å². The molecule has 1 heterocycles. The number of nitrogens with zero attached hydrogens (tertiary/aromatic N) is 2. The van der Waals surface area contributed by atoms with Crippen LogP contribution in [0, 0.1) is 0 Å². The van der Waals surface area contributed by atoms with Gasteiger partial charge in [0.25, 0.3) is 0 Å². The first-order chi connectivity index (χ1) is 10.2. The Morgan fingerprint density at radius 2 is 1.52 bits per heavy atom. The molecule has 4 heteroatoms. The molecule has 4 nitrogen and oxygen atoms in total. The molecular weight excluding hydrogens is 264 g/mol. The second kappa shape index (κ2) is 5.87. The molecular formula is C17H19N2O2+. The topological polar surface area (TPSA) is 46.7 Å². The molecule has 1 aliphatic rings. The van der Waals surface area contributed by atoms with E-state index in [2.05, 4.69) is 15.8 Å². The third kappa shape index (κ3) is 3.16. The van der Waals surface area contributed by atoms with Crippen LogP contribution in [0.1, 0.15) is 11.1 Å². The zero-order valence-corrected chi connectivity index (χ0v) is 11.8. The van der Waals surface area contributed by atoms with E-state index in [0.29, 0.717) is 24.6 Å². The van der Waals surface area contributed by atoms with Crippen LogP contribution < -0.4 is 0 Å². The van der Waals surface area contributed by atoms with Crippen molar-refractivity contribution in [3.8, 4) is 11.5 Å². The van der Waals surface area contributed by atoms with E-state index in [0.717, 1.165) is 24.2 Å². The first kappa shape index (κ1) is 13.5. The number of phenols is 2. The van der Waals surface area contributed by atoms with Crippen LogP contribution in [0.5, 0.6) is 11.5 Å². The summed E-state index contributed by atoms with van der Waals surface area (Å²) in [5.41, 5.74) is 1.86. The smallest absolute Gasteiger partial charge is 0.234 e. The molecule has 0 fully saturated rings. The van der Waals surface area contributed by atoms with E-state index in [1.165, 1.54) is 0 Å². The summed E-state index contributed by atoms with van der Waals surface area (Å²) in [6, 6.07) is 14.8. The van der Waals surface area contributed by atoms with Gasteiger partial charge in [-0.15, -0.1) is 0 Å². The number of hydrogen-bond donors (Lipinski definition) is 2. The summed E-state index contributed by atoms with van der Waals surface area (Å²) in [6.45, 7) is 3.23. The van der Waals surface area contributed by atoms with Crippen LogP contribution in [0.2, 0.25) is 0 Å². The zero-order valence-electron chi connectivity index (χ0n) is 11.8. The normalized spacial score (nSPS) is 14.3. The van der Waals surface area contributed by atoms with Crippen molar-refractivity contribution in [3.63, 3.8) is 0 Å². The number of benzene rings is 2. The van der Waals surface area contributed by atoms with Crippen LogP contribution in [0.15, 0.2) is 48.5 Å². The number of aromatic hydroxyl groups is 2. The van der Waals surface area contributed by atoms with Crippen molar-refractivity contribution in [1.82, 2.24) is 4.90 Å². The number of para-hydroxylation sites is 2. The Hall–Kier alpha value is -2.49. The summed E-state index contributed by atoms with van der Waals surface area (Å²) in [6.07, 6.45) is 2.07. The predicted octanol–water partition coefficient (Wildman–Crippen LogP) is 2.15. The number of rotatable bonds is 4. The van der Waals surface area contributed by atoms with E-state index < -0.39 is 0 Å². The van der Waals surface area contributed by atoms with Crippen LogP contribution in [0.3, 0.4) is 0 Å². The minimum Gasteiger partial charge on any atom is -0.508 e. The Balaban J connectivity index is 1.68. The van der Waals surface area contributed by atoms with Crippen LogP contribution in [-0.4, -0.2) is 39.1 Å². The fourth-order valence-corrected chi connectivity index (χ4v) is 2.57. The van der Waals surface area contributed by atoms with Gasteiger partial charge >= 0.3 is 0 Å². The Bertz CT molecular complexity index is 667. The lowest BCUT2D eigenvalue weighted by atomic mass is 10.2. The monoisotopic (exact) mass is 283 g/mol. The molecule has 0 aromatic heterocycles. The van der Waals surface area contributed by atoms with Crippen molar-refractivity contribution in [3.05, 3.63) is 59.7 Å². The van der Waals surface area contributed by atoms with Crippen LogP contribution >= 0.6 is 0 Å². The molecule has 0 unspecified atom stereocenters. The molecule has 2 aromatic carbocycles. The van der Waals surface area contributed by atoms with Crippen molar-refractivity contribution in [2.24, 2.45) is 0 Å². The van der Waals surface area contributed by atoms with Crippen molar-refractivity contribution < 1.29 is 14.8 Å². The summed E-state index contributed by atoms with van der Waals surface area (Å²) in [5, 5.41) is 19.6. The Labute approximate surface area is 124 Å². The molecule has 0 aliphatic carbocycles. The summed E-state index contributed by atoms with van der Waals surface area (Å²) in [4.78, 5) is 2.18. The largest absolute Gasteiger partial charge is 0.508 e. The summed E-state index contributed by atoms with van der Waals surface area (Å²) in [7, 11) is 0. The fraction of sp³-hybridized carbons (Fsp3) is 0.235. The van der Waals surface area contributed by atoms with Crippen molar-refractivity contribution in [1.29, 1.82) is 0 Å². The van der Waals surface area contributed by atoms with Crippen molar-refractivity contribution >= 4 is 6.34 Å². The van der Waals surface area contributed by atoms with Gasteiger partial charge in [0, 0.05) is 11.1 Å². The molecule has 2 aromatic rings. The molecule has 0 spiro atoms. The van der Waals surface area contributed by atoms with E-state index in [4.69, 9.17) is 0 Å². The van der Waals surface area contributed by atoms with Gasteiger partial charge in [0.2, 0.25) is 6.34 Å². The minimum absolute atomic E-state index is 0.338.